The summed E-state index contributed by atoms with van der Waals surface area (Å²) >= 11 is 0. The molecule has 0 bridgehead atoms. The van der Waals surface area contributed by atoms with Gasteiger partial charge in [-0.05, 0) is 81.8 Å². The molecule has 6 rings (SSSR count). The number of aromatic nitrogens is 2. The fraction of sp³-hybridized carbons (Fsp3) is 0.243. The Labute approximate surface area is 268 Å². The maximum Gasteiger partial charge on any atom is 0.322 e. The molecule has 1 aliphatic carbocycles. The molecule has 1 amide bonds. The topological polar surface area (TPSA) is 96.6 Å². The minimum atomic E-state index is -0.360. The smallest absolute Gasteiger partial charge is 0.322 e. The summed E-state index contributed by atoms with van der Waals surface area (Å²) in [5.41, 5.74) is 5.97. The SMILES string of the molecule is CCN(CC)c1ccc2c(-c3ccccc3-c3nnc(NC(=O)c4ccc(OC)cc4)o3)c3ccc(=[N+](CC)CC)cc-3oc2c1. The first-order valence-corrected chi connectivity index (χ1v) is 15.7. The number of carbonyl (C=O) groups is 1. The molecule has 4 aromatic rings. The molecule has 0 radical (unpaired) electrons. The van der Waals surface area contributed by atoms with Crippen molar-refractivity contribution in [3.8, 4) is 39.7 Å². The Morgan fingerprint density at radius 1 is 0.826 bits per heavy atom. The van der Waals surface area contributed by atoms with Gasteiger partial charge in [0.2, 0.25) is 11.2 Å². The van der Waals surface area contributed by atoms with Gasteiger partial charge in [0.05, 0.1) is 13.2 Å². The molecule has 2 heterocycles. The minimum Gasteiger partial charge on any atom is -0.497 e. The van der Waals surface area contributed by atoms with Gasteiger partial charge in [0.1, 0.15) is 30.2 Å². The molecule has 0 atom stereocenters. The van der Waals surface area contributed by atoms with E-state index in [0.717, 1.165) is 76.2 Å². The van der Waals surface area contributed by atoms with Gasteiger partial charge in [-0.3, -0.25) is 10.1 Å². The Morgan fingerprint density at radius 3 is 2.26 bits per heavy atom. The molecule has 0 unspecified atom stereocenters. The second-order valence-corrected chi connectivity index (χ2v) is 10.8. The summed E-state index contributed by atoms with van der Waals surface area (Å²) in [6, 6.07) is 27.5. The first-order valence-electron chi connectivity index (χ1n) is 15.7. The second-order valence-electron chi connectivity index (χ2n) is 10.8. The zero-order valence-corrected chi connectivity index (χ0v) is 26.8. The van der Waals surface area contributed by atoms with Gasteiger partial charge in [-0.15, -0.1) is 5.10 Å². The number of nitrogens with zero attached hydrogens (tertiary/aromatic N) is 4. The number of hydrogen-bond acceptors (Lipinski definition) is 7. The van der Waals surface area contributed by atoms with Gasteiger partial charge in [-0.2, -0.15) is 0 Å². The van der Waals surface area contributed by atoms with Crippen molar-refractivity contribution in [2.45, 2.75) is 27.7 Å². The number of fused-ring (bicyclic) bond motifs is 2. The van der Waals surface area contributed by atoms with Gasteiger partial charge in [0.15, 0.2) is 0 Å². The highest BCUT2D eigenvalue weighted by Gasteiger charge is 2.23. The van der Waals surface area contributed by atoms with E-state index in [1.165, 1.54) is 0 Å². The van der Waals surface area contributed by atoms with Gasteiger partial charge in [-0.25, -0.2) is 4.58 Å². The zero-order chi connectivity index (χ0) is 32.2. The molecule has 3 aromatic carbocycles. The van der Waals surface area contributed by atoms with Crippen molar-refractivity contribution in [1.82, 2.24) is 14.8 Å². The first-order chi connectivity index (χ1) is 22.5. The highest BCUT2D eigenvalue weighted by molar-refractivity contribution is 6.06. The standard InChI is InChI=1S/C37H37N5O4/c1-6-41(7-2)25-16-20-30-32(22-25)45-33-23-26(42(8-3)9-4)17-21-31(33)34(30)28-12-10-11-13-29(28)36-39-40-37(46-36)38-35(43)24-14-18-27(44-5)19-15-24/h10-23H,6-9H2,1-5H3/p+1. The lowest BCUT2D eigenvalue weighted by Crippen LogP contribution is -2.29. The van der Waals surface area contributed by atoms with Crippen LogP contribution in [0.25, 0.3) is 44.9 Å². The molecule has 0 spiro atoms. The van der Waals surface area contributed by atoms with Crippen LogP contribution in [0.3, 0.4) is 0 Å². The van der Waals surface area contributed by atoms with Crippen LogP contribution in [-0.2, 0) is 0 Å². The predicted octanol–water partition coefficient (Wildman–Crippen LogP) is 7.17. The van der Waals surface area contributed by atoms with Crippen molar-refractivity contribution in [3.05, 3.63) is 95.8 Å². The van der Waals surface area contributed by atoms with Crippen molar-refractivity contribution in [2.24, 2.45) is 0 Å². The fourth-order valence-corrected chi connectivity index (χ4v) is 5.91. The summed E-state index contributed by atoms with van der Waals surface area (Å²) < 4.78 is 20.2. The molecular weight excluding hydrogens is 578 g/mol. The average molecular weight is 617 g/mol. The van der Waals surface area contributed by atoms with Crippen LogP contribution in [-0.4, -0.2) is 49.4 Å². The lowest BCUT2D eigenvalue weighted by Gasteiger charge is -2.22. The lowest BCUT2D eigenvalue weighted by atomic mass is 9.90. The number of ether oxygens (including phenoxy) is 1. The van der Waals surface area contributed by atoms with Gasteiger partial charge in [0.25, 0.3) is 5.91 Å². The van der Waals surface area contributed by atoms with E-state index in [0.29, 0.717) is 17.2 Å². The number of rotatable bonds is 10. The van der Waals surface area contributed by atoms with Crippen LogP contribution in [0.1, 0.15) is 38.1 Å². The van der Waals surface area contributed by atoms with Gasteiger partial charge in [0, 0.05) is 58.5 Å². The normalized spacial score (nSPS) is 11.2. The van der Waals surface area contributed by atoms with Crippen molar-refractivity contribution in [1.29, 1.82) is 0 Å². The third-order valence-electron chi connectivity index (χ3n) is 8.37. The highest BCUT2D eigenvalue weighted by atomic mass is 16.5. The summed E-state index contributed by atoms with van der Waals surface area (Å²) in [7, 11) is 1.58. The highest BCUT2D eigenvalue weighted by Crippen LogP contribution is 2.44. The largest absolute Gasteiger partial charge is 0.497 e. The summed E-state index contributed by atoms with van der Waals surface area (Å²) in [4.78, 5) is 15.2. The Morgan fingerprint density at radius 2 is 1.57 bits per heavy atom. The number of carbonyl (C=O) groups excluding carboxylic acids is 1. The van der Waals surface area contributed by atoms with Crippen LogP contribution in [0.5, 0.6) is 5.75 Å². The molecule has 46 heavy (non-hydrogen) atoms. The van der Waals surface area contributed by atoms with Crippen LogP contribution < -0.4 is 24.9 Å². The Kier molecular flexibility index (Phi) is 8.83. The van der Waals surface area contributed by atoms with E-state index in [1.54, 1.807) is 31.4 Å². The van der Waals surface area contributed by atoms with E-state index < -0.39 is 0 Å². The van der Waals surface area contributed by atoms with Crippen molar-refractivity contribution < 1.29 is 18.4 Å². The average Bonchev–Trinajstić information content (AvgIpc) is 3.56. The molecule has 1 aliphatic heterocycles. The number of benzene rings is 4. The molecule has 2 aliphatic rings. The number of amides is 1. The first kappa shape index (κ1) is 30.6. The quantitative estimate of drug-likeness (QED) is 0.129. The van der Waals surface area contributed by atoms with E-state index in [4.69, 9.17) is 13.6 Å². The summed E-state index contributed by atoms with van der Waals surface area (Å²) in [5.74, 6) is 1.38. The molecule has 9 heteroatoms. The third kappa shape index (κ3) is 5.83. The Bertz CT molecular complexity index is 2030. The molecule has 0 fully saturated rings. The van der Waals surface area contributed by atoms with E-state index >= 15 is 0 Å². The maximum absolute atomic E-state index is 12.9. The van der Waals surface area contributed by atoms with Gasteiger partial charge in [-0.1, -0.05) is 23.3 Å². The van der Waals surface area contributed by atoms with E-state index in [9.17, 15) is 4.79 Å². The summed E-state index contributed by atoms with van der Waals surface area (Å²) in [5, 5.41) is 13.3. The lowest BCUT2D eigenvalue weighted by molar-refractivity contribution is 0.102. The van der Waals surface area contributed by atoms with E-state index in [1.807, 2.05) is 18.2 Å². The fourth-order valence-electron chi connectivity index (χ4n) is 5.91. The van der Waals surface area contributed by atoms with Crippen LogP contribution in [0.4, 0.5) is 11.7 Å². The molecule has 1 aromatic heterocycles. The number of hydrogen-bond donors (Lipinski definition) is 1. The van der Waals surface area contributed by atoms with Crippen molar-refractivity contribution in [3.63, 3.8) is 0 Å². The molecular formula is C37H38N5O4+. The van der Waals surface area contributed by atoms with Crippen LogP contribution in [0.15, 0.2) is 93.8 Å². The summed E-state index contributed by atoms with van der Waals surface area (Å²) in [6.45, 7) is 12.2. The predicted molar refractivity (Wildman–Crippen MR) is 182 cm³/mol. The van der Waals surface area contributed by atoms with Crippen LogP contribution >= 0.6 is 0 Å². The molecule has 0 saturated heterocycles. The molecule has 234 valence electrons. The number of methoxy groups -OCH3 is 1. The summed E-state index contributed by atoms with van der Waals surface area (Å²) in [6.07, 6.45) is 0. The second kappa shape index (κ2) is 13.3. The maximum atomic E-state index is 12.9. The molecule has 9 nitrogen and oxygen atoms in total. The Hall–Kier alpha value is -5.44. The monoisotopic (exact) mass is 616 g/mol. The van der Waals surface area contributed by atoms with Gasteiger partial charge >= 0.3 is 6.01 Å². The zero-order valence-electron chi connectivity index (χ0n) is 26.8. The third-order valence-corrected chi connectivity index (χ3v) is 8.37. The van der Waals surface area contributed by atoms with Gasteiger partial charge < -0.3 is 18.5 Å². The number of nitrogens with one attached hydrogen (secondary N) is 1. The minimum absolute atomic E-state index is 0.0103. The molecule has 0 saturated carbocycles. The van der Waals surface area contributed by atoms with Crippen LogP contribution in [0, 0.1) is 0 Å². The van der Waals surface area contributed by atoms with E-state index in [2.05, 4.69) is 95.1 Å². The van der Waals surface area contributed by atoms with Crippen molar-refractivity contribution >= 4 is 28.6 Å². The van der Waals surface area contributed by atoms with Crippen molar-refractivity contribution in [2.75, 3.05) is 43.5 Å². The molecule has 1 N–H and O–H groups in total. The van der Waals surface area contributed by atoms with Crippen LogP contribution in [0.2, 0.25) is 0 Å². The van der Waals surface area contributed by atoms with E-state index in [-0.39, 0.29) is 11.9 Å². The Balaban J connectivity index is 1.49. The number of anilines is 2.